The molecule has 2 aliphatic heterocycles. The fraction of sp³-hybridized carbons (Fsp3) is 0.0286. The molecule has 0 unspecified atom stereocenters. The molecule has 8 rings (SSSR count). The maximum absolute atomic E-state index is 6.37. The summed E-state index contributed by atoms with van der Waals surface area (Å²) < 4.78 is 12.5. The molecule has 0 atom stereocenters. The predicted molar refractivity (Wildman–Crippen MR) is 159 cm³/mol. The summed E-state index contributed by atoms with van der Waals surface area (Å²) in [6.45, 7) is 2.10. The van der Waals surface area contributed by atoms with Crippen molar-refractivity contribution in [2.24, 2.45) is 0 Å². The number of pyridine rings is 2. The van der Waals surface area contributed by atoms with Gasteiger partial charge in [0.2, 0.25) is 6.71 Å². The molecule has 4 aromatic carbocycles. The van der Waals surface area contributed by atoms with E-state index in [-0.39, 0.29) is 26.8 Å². The average molecular weight is 707 g/mol. The quantitative estimate of drug-likeness (QED) is 0.160. The van der Waals surface area contributed by atoms with Crippen molar-refractivity contribution in [1.82, 2.24) is 9.97 Å². The summed E-state index contributed by atoms with van der Waals surface area (Å²) >= 11 is 0. The molecule has 0 amide bonds. The molecule has 0 aliphatic carbocycles. The summed E-state index contributed by atoms with van der Waals surface area (Å²) in [6, 6.07) is 42.5. The summed E-state index contributed by atoms with van der Waals surface area (Å²) in [5, 5.41) is 0. The van der Waals surface area contributed by atoms with Gasteiger partial charge < -0.3 is 19.4 Å². The van der Waals surface area contributed by atoms with Gasteiger partial charge >= 0.3 is 0 Å². The first-order valence-corrected chi connectivity index (χ1v) is 13.2. The minimum Gasteiger partial charge on any atom is -0.503 e. The molecule has 0 N–H and O–H groups in total. The molecule has 4 heterocycles. The molecule has 2 aromatic heterocycles. The molecule has 0 fully saturated rings. The second-order valence-corrected chi connectivity index (χ2v) is 9.69. The maximum Gasteiger partial charge on any atom is 0.241 e. The van der Waals surface area contributed by atoms with Crippen molar-refractivity contribution < 1.29 is 29.6 Å². The van der Waals surface area contributed by atoms with E-state index in [9.17, 15) is 0 Å². The van der Waals surface area contributed by atoms with Gasteiger partial charge in [0.1, 0.15) is 17.2 Å². The molecule has 0 saturated carbocycles. The third-order valence-electron chi connectivity index (χ3n) is 7.08. The van der Waals surface area contributed by atoms with Crippen molar-refractivity contribution in [1.29, 1.82) is 0 Å². The van der Waals surface area contributed by atoms with Crippen LogP contribution in [0, 0.1) is 19.1 Å². The Balaban J connectivity index is 0.000000183. The largest absolute Gasteiger partial charge is 0.503 e. The number of fused-ring (bicyclic) bond motifs is 4. The van der Waals surface area contributed by atoms with Crippen LogP contribution < -0.4 is 25.9 Å². The zero-order valence-electron chi connectivity index (χ0n) is 22.2. The van der Waals surface area contributed by atoms with Crippen LogP contribution in [0.15, 0.2) is 122 Å². The monoisotopic (exact) mass is 707 g/mol. The molecule has 1 radical (unpaired) electrons. The number of hydrogen-bond acceptors (Lipinski definition) is 4. The molecular weight excluding hydrogens is 683 g/mol. The van der Waals surface area contributed by atoms with Gasteiger partial charge in [-0.15, -0.1) is 59.6 Å². The van der Waals surface area contributed by atoms with Gasteiger partial charge in [0.05, 0.1) is 0 Å². The Kier molecular flexibility index (Phi) is 7.52. The number of aromatic nitrogens is 2. The molecule has 2 aliphatic rings. The van der Waals surface area contributed by atoms with Crippen molar-refractivity contribution in [2.45, 2.75) is 6.92 Å². The number of ether oxygens (including phenoxy) is 2. The summed E-state index contributed by atoms with van der Waals surface area (Å²) in [5.41, 5.74) is 8.29. The number of nitrogens with zero attached hydrogens (tertiary/aromatic N) is 2. The Labute approximate surface area is 253 Å². The van der Waals surface area contributed by atoms with Crippen LogP contribution in [0.3, 0.4) is 0 Å². The molecule has 0 bridgehead atoms. The fourth-order valence-corrected chi connectivity index (χ4v) is 5.22. The van der Waals surface area contributed by atoms with Crippen LogP contribution in [0.25, 0.3) is 22.5 Å². The van der Waals surface area contributed by atoms with Gasteiger partial charge in [-0.1, -0.05) is 54.1 Å². The average Bonchev–Trinajstić information content (AvgIpc) is 3.02. The topological polar surface area (TPSA) is 44.2 Å². The Hall–Kier alpha value is -4.51. The minimum absolute atomic E-state index is 0. The van der Waals surface area contributed by atoms with Gasteiger partial charge in [0.25, 0.3) is 0 Å². The molecule has 6 aromatic rings. The van der Waals surface area contributed by atoms with Crippen LogP contribution in [-0.2, 0) is 20.1 Å². The zero-order chi connectivity index (χ0) is 26.9. The predicted octanol–water partition coefficient (Wildman–Crippen LogP) is 6.13. The second-order valence-electron chi connectivity index (χ2n) is 9.69. The Morgan fingerprint density at radius 1 is 0.634 bits per heavy atom. The molecule has 41 heavy (non-hydrogen) atoms. The van der Waals surface area contributed by atoms with Gasteiger partial charge in [0, 0.05) is 43.7 Å². The molecule has 6 heteroatoms. The van der Waals surface area contributed by atoms with Gasteiger partial charge in [-0.05, 0) is 53.6 Å². The maximum atomic E-state index is 6.37. The van der Waals surface area contributed by atoms with Crippen molar-refractivity contribution >= 4 is 23.1 Å². The van der Waals surface area contributed by atoms with E-state index in [0.717, 1.165) is 61.9 Å². The first kappa shape index (κ1) is 26.7. The summed E-state index contributed by atoms with van der Waals surface area (Å²) in [6.07, 6.45) is 3.66. The Morgan fingerprint density at radius 2 is 1.44 bits per heavy atom. The molecular formula is C35H23BIrN2O2-2. The van der Waals surface area contributed by atoms with Crippen molar-refractivity contribution in [2.75, 3.05) is 0 Å². The van der Waals surface area contributed by atoms with Crippen molar-refractivity contribution in [3.8, 4) is 45.5 Å². The molecule has 199 valence electrons. The van der Waals surface area contributed by atoms with E-state index in [1.54, 1.807) is 6.20 Å². The van der Waals surface area contributed by atoms with E-state index in [1.807, 2.05) is 98.0 Å². The number of para-hydroxylation sites is 1. The van der Waals surface area contributed by atoms with Crippen molar-refractivity contribution in [3.63, 3.8) is 0 Å². The van der Waals surface area contributed by atoms with Crippen LogP contribution in [0.4, 0.5) is 0 Å². The SMILES string of the molecule is Cc1ccc(-c2[c-]cccc2)nc1.[Ir].[c-]1ccc2c(c1-c1ccccn1)Oc1cccc3c1B2c1ccccc1O3. The van der Waals surface area contributed by atoms with E-state index in [2.05, 4.69) is 46.4 Å². The van der Waals surface area contributed by atoms with E-state index < -0.39 is 0 Å². The van der Waals surface area contributed by atoms with Crippen LogP contribution in [0.2, 0.25) is 0 Å². The van der Waals surface area contributed by atoms with Crippen LogP contribution in [0.1, 0.15) is 5.56 Å². The van der Waals surface area contributed by atoms with E-state index in [4.69, 9.17) is 9.47 Å². The number of rotatable bonds is 2. The summed E-state index contributed by atoms with van der Waals surface area (Å²) in [5.74, 6) is 3.40. The normalized spacial score (nSPS) is 11.7. The minimum atomic E-state index is 0. The van der Waals surface area contributed by atoms with Crippen LogP contribution in [-0.4, -0.2) is 16.7 Å². The van der Waals surface area contributed by atoms with E-state index in [1.165, 1.54) is 5.56 Å². The third-order valence-corrected chi connectivity index (χ3v) is 7.08. The van der Waals surface area contributed by atoms with Crippen LogP contribution >= 0.6 is 0 Å². The van der Waals surface area contributed by atoms with E-state index >= 15 is 0 Å². The summed E-state index contributed by atoms with van der Waals surface area (Å²) in [4.78, 5) is 8.82. The Bertz CT molecular complexity index is 1810. The zero-order valence-corrected chi connectivity index (χ0v) is 24.6. The third kappa shape index (κ3) is 5.08. The number of aryl methyl sites for hydroxylation is 1. The molecule has 0 spiro atoms. The standard InChI is InChI=1S/C23H13BNO2.C12H10N.Ir/c1-2-11-19-16(8-1)24-17-9-5-7-15(18-10-3-4-14-25-18)23(17)27-21-13-6-12-20(26-19)22(21)24;1-10-7-8-12(13-9-10)11-5-3-2-4-6-11;/h1-6,8-14H;2-5,7-9H,1H3;/q2*-1;. The number of benzene rings is 4. The van der Waals surface area contributed by atoms with Gasteiger partial charge in [-0.3, -0.25) is 0 Å². The number of hydrogen-bond donors (Lipinski definition) is 0. The molecule has 0 saturated heterocycles. The van der Waals surface area contributed by atoms with Gasteiger partial charge in [-0.25, -0.2) is 0 Å². The molecule has 4 nitrogen and oxygen atoms in total. The first-order chi connectivity index (χ1) is 19.8. The first-order valence-electron chi connectivity index (χ1n) is 13.2. The Morgan fingerprint density at radius 3 is 2.22 bits per heavy atom. The van der Waals surface area contributed by atoms with Crippen molar-refractivity contribution in [3.05, 3.63) is 139 Å². The van der Waals surface area contributed by atoms with Crippen LogP contribution in [0.5, 0.6) is 23.0 Å². The second kappa shape index (κ2) is 11.5. The smallest absolute Gasteiger partial charge is 0.241 e. The van der Waals surface area contributed by atoms with Gasteiger partial charge in [0.15, 0.2) is 0 Å². The fourth-order valence-electron chi connectivity index (χ4n) is 5.22. The van der Waals surface area contributed by atoms with E-state index in [0.29, 0.717) is 0 Å². The summed E-state index contributed by atoms with van der Waals surface area (Å²) in [7, 11) is 0. The van der Waals surface area contributed by atoms with Gasteiger partial charge in [-0.2, -0.15) is 0 Å².